The molecule has 0 atom stereocenters. The summed E-state index contributed by atoms with van der Waals surface area (Å²) in [5.41, 5.74) is 11.4. The lowest BCUT2D eigenvalue weighted by atomic mass is 9.99. The highest BCUT2D eigenvalue weighted by molar-refractivity contribution is 7.20. The van der Waals surface area contributed by atoms with Gasteiger partial charge < -0.3 is 18.9 Å². The number of fused-ring (bicyclic) bond motifs is 2. The van der Waals surface area contributed by atoms with Crippen molar-refractivity contribution < 1.29 is 18.9 Å². The number of hydrogen-bond acceptors (Lipinski definition) is 8. The third kappa shape index (κ3) is 5.84. The number of aromatic nitrogens is 2. The van der Waals surface area contributed by atoms with Gasteiger partial charge in [-0.3, -0.25) is 9.97 Å². The van der Waals surface area contributed by atoms with Crippen LogP contribution in [0, 0.1) is 0 Å². The van der Waals surface area contributed by atoms with Gasteiger partial charge in [0.1, 0.15) is 26.4 Å². The van der Waals surface area contributed by atoms with Gasteiger partial charge in [-0.25, -0.2) is 0 Å². The number of ether oxygens (including phenoxy) is 4. The van der Waals surface area contributed by atoms with Crippen molar-refractivity contribution in [2.75, 3.05) is 26.4 Å². The Balaban J connectivity index is 1.19. The van der Waals surface area contributed by atoms with E-state index in [1.807, 2.05) is 24.5 Å². The van der Waals surface area contributed by atoms with E-state index in [0.717, 1.165) is 90.7 Å². The van der Waals surface area contributed by atoms with Crippen molar-refractivity contribution in [1.82, 2.24) is 9.97 Å². The molecule has 8 heteroatoms. The first-order chi connectivity index (χ1) is 24.6. The van der Waals surface area contributed by atoms with E-state index in [-0.39, 0.29) is 0 Å². The Bertz CT molecular complexity index is 2050. The number of pyridine rings is 2. The maximum Gasteiger partial charge on any atom is 0.180 e. The number of hydrogen-bond donors (Lipinski definition) is 0. The molecule has 0 saturated carbocycles. The van der Waals surface area contributed by atoms with Gasteiger partial charge in [0.2, 0.25) is 0 Å². The molecule has 0 aliphatic carbocycles. The summed E-state index contributed by atoms with van der Waals surface area (Å²) in [6.07, 6.45) is 7.64. The molecule has 0 fully saturated rings. The average molecular weight is 701 g/mol. The van der Waals surface area contributed by atoms with Gasteiger partial charge in [0.15, 0.2) is 23.0 Å². The Morgan fingerprint density at radius 1 is 0.480 bits per heavy atom. The molecular formula is C42H40N2O4S2. The van der Waals surface area contributed by atoms with Gasteiger partial charge in [-0.2, -0.15) is 0 Å². The van der Waals surface area contributed by atoms with Crippen LogP contribution in [0.1, 0.15) is 49.9 Å². The van der Waals surface area contributed by atoms with Gasteiger partial charge in [-0.1, -0.05) is 64.1 Å². The predicted molar refractivity (Wildman–Crippen MR) is 204 cm³/mol. The van der Waals surface area contributed by atoms with Crippen LogP contribution in [0.25, 0.3) is 53.2 Å². The molecule has 0 amide bonds. The van der Waals surface area contributed by atoms with Gasteiger partial charge in [0, 0.05) is 12.4 Å². The summed E-state index contributed by atoms with van der Waals surface area (Å²) >= 11 is 3.45. The first kappa shape index (κ1) is 32.5. The maximum absolute atomic E-state index is 6.30. The predicted octanol–water partition coefficient (Wildman–Crippen LogP) is 10.7. The number of nitrogens with zero attached hydrogens (tertiary/aromatic N) is 2. The second-order valence-corrected chi connectivity index (χ2v) is 14.5. The zero-order chi connectivity index (χ0) is 34.2. The summed E-state index contributed by atoms with van der Waals surface area (Å²) in [4.78, 5) is 13.9. The summed E-state index contributed by atoms with van der Waals surface area (Å²) in [5.74, 6) is 3.30. The lowest BCUT2D eigenvalue weighted by molar-refractivity contribution is 0.175. The summed E-state index contributed by atoms with van der Waals surface area (Å²) < 4.78 is 25.2. The van der Waals surface area contributed by atoms with Crippen molar-refractivity contribution >= 4 is 22.7 Å². The molecule has 0 N–H and O–H groups in total. The summed E-state index contributed by atoms with van der Waals surface area (Å²) in [6, 6.07) is 21.9. The number of aryl methyl sites for hydroxylation is 4. The smallest absolute Gasteiger partial charge is 0.180 e. The SMILES string of the molecule is CCc1ccc(-c2sc(-c3ccnc(-c4cc(-c5sc(-c6ccc(CC)cc6CC)c6c5OCCO6)ccn4)c3)c3c2OCCO3)c(CC)c1. The second-order valence-electron chi connectivity index (χ2n) is 12.5. The van der Waals surface area contributed by atoms with E-state index in [0.29, 0.717) is 26.4 Å². The van der Waals surface area contributed by atoms with Gasteiger partial charge in [0.05, 0.1) is 30.9 Å². The minimum absolute atomic E-state index is 0.522. The second kappa shape index (κ2) is 13.9. The molecule has 0 unspecified atom stereocenters. The Hall–Kier alpha value is -4.66. The highest BCUT2D eigenvalue weighted by atomic mass is 32.1. The quantitative estimate of drug-likeness (QED) is 0.150. The number of benzene rings is 2. The third-order valence-electron chi connectivity index (χ3n) is 9.51. The van der Waals surface area contributed by atoms with E-state index in [1.54, 1.807) is 22.7 Å². The molecule has 6 nitrogen and oxygen atoms in total. The van der Waals surface area contributed by atoms with E-state index >= 15 is 0 Å². The zero-order valence-electron chi connectivity index (χ0n) is 28.9. The number of rotatable bonds is 9. The largest absolute Gasteiger partial charge is 0.485 e. The van der Waals surface area contributed by atoms with Crippen molar-refractivity contribution in [3.8, 4) is 76.1 Å². The van der Waals surface area contributed by atoms with Gasteiger partial charge in [-0.05, 0) is 94.5 Å². The highest BCUT2D eigenvalue weighted by Crippen LogP contribution is 2.56. The van der Waals surface area contributed by atoms with E-state index in [9.17, 15) is 0 Å². The molecule has 0 spiro atoms. The Kier molecular flexibility index (Phi) is 9.06. The van der Waals surface area contributed by atoms with Gasteiger partial charge in [0.25, 0.3) is 0 Å². The summed E-state index contributed by atoms with van der Waals surface area (Å²) in [5, 5.41) is 0. The van der Waals surface area contributed by atoms with Gasteiger partial charge in [-0.15, -0.1) is 22.7 Å². The van der Waals surface area contributed by atoms with Crippen LogP contribution in [0.3, 0.4) is 0 Å². The van der Waals surface area contributed by atoms with Crippen molar-refractivity contribution in [3.63, 3.8) is 0 Å². The first-order valence-electron chi connectivity index (χ1n) is 17.6. The van der Waals surface area contributed by atoms with Crippen molar-refractivity contribution in [3.05, 3.63) is 95.3 Å². The van der Waals surface area contributed by atoms with Crippen LogP contribution in [-0.4, -0.2) is 36.4 Å². The van der Waals surface area contributed by atoms with E-state index in [4.69, 9.17) is 28.9 Å². The Morgan fingerprint density at radius 3 is 1.26 bits per heavy atom. The molecular weight excluding hydrogens is 661 g/mol. The molecule has 50 heavy (non-hydrogen) atoms. The van der Waals surface area contributed by atoms with Crippen molar-refractivity contribution in [1.29, 1.82) is 0 Å². The van der Waals surface area contributed by atoms with Crippen LogP contribution < -0.4 is 18.9 Å². The van der Waals surface area contributed by atoms with Crippen LogP contribution in [0.5, 0.6) is 23.0 Å². The fourth-order valence-corrected chi connectivity index (χ4v) is 9.31. The molecule has 2 aliphatic rings. The molecule has 6 heterocycles. The molecule has 8 rings (SSSR count). The summed E-state index contributed by atoms with van der Waals surface area (Å²) in [6.45, 7) is 10.9. The van der Waals surface area contributed by atoms with E-state index in [2.05, 4.69) is 76.2 Å². The fourth-order valence-electron chi connectivity index (χ4n) is 6.82. The number of thiophene rings is 2. The molecule has 2 aromatic carbocycles. The normalized spacial score (nSPS) is 13.4. The van der Waals surface area contributed by atoms with Crippen LogP contribution in [-0.2, 0) is 25.7 Å². The molecule has 254 valence electrons. The van der Waals surface area contributed by atoms with Gasteiger partial charge >= 0.3 is 0 Å². The first-order valence-corrected chi connectivity index (χ1v) is 19.3. The maximum atomic E-state index is 6.30. The average Bonchev–Trinajstić information content (AvgIpc) is 3.77. The molecule has 0 bridgehead atoms. The highest BCUT2D eigenvalue weighted by Gasteiger charge is 2.29. The molecule has 2 aliphatic heterocycles. The van der Waals surface area contributed by atoms with Crippen LogP contribution in [0.2, 0.25) is 0 Å². The summed E-state index contributed by atoms with van der Waals surface area (Å²) in [7, 11) is 0. The Labute approximate surface area is 301 Å². The standard InChI is InChI=1S/C42H40N2O4S2/c1-5-25-9-11-31(27(7-3)21-25)41-37-35(45-17-19-47-37)39(49-41)29-13-15-43-33(23-29)34-24-30(14-16-44-34)40-36-38(48-20-18-46-36)42(50-40)32-12-10-26(6-2)22-28(32)8-4/h9-16,21-24H,5-8,17-20H2,1-4H3. The van der Waals surface area contributed by atoms with E-state index in [1.165, 1.54) is 33.4 Å². The molecule has 0 saturated heterocycles. The topological polar surface area (TPSA) is 62.7 Å². The minimum atomic E-state index is 0.522. The molecule has 4 aromatic heterocycles. The van der Waals surface area contributed by atoms with E-state index < -0.39 is 0 Å². The van der Waals surface area contributed by atoms with Crippen molar-refractivity contribution in [2.24, 2.45) is 0 Å². The zero-order valence-corrected chi connectivity index (χ0v) is 30.6. The monoisotopic (exact) mass is 700 g/mol. The van der Waals surface area contributed by atoms with Crippen LogP contribution in [0.4, 0.5) is 0 Å². The van der Waals surface area contributed by atoms with Crippen LogP contribution >= 0.6 is 22.7 Å². The van der Waals surface area contributed by atoms with Crippen molar-refractivity contribution in [2.45, 2.75) is 53.4 Å². The lowest BCUT2D eigenvalue weighted by Crippen LogP contribution is -2.15. The Morgan fingerprint density at radius 2 is 0.880 bits per heavy atom. The minimum Gasteiger partial charge on any atom is -0.485 e. The lowest BCUT2D eigenvalue weighted by Gasteiger charge is -2.18. The molecule has 6 aromatic rings. The third-order valence-corrected chi connectivity index (χ3v) is 12.0. The fraction of sp³-hybridized carbons (Fsp3) is 0.286. The molecule has 0 radical (unpaired) electrons. The van der Waals surface area contributed by atoms with Crippen LogP contribution in [0.15, 0.2) is 73.1 Å².